The number of halogens is 4. The molecule has 0 N–H and O–H groups in total. The summed E-state index contributed by atoms with van der Waals surface area (Å²) in [6, 6.07) is 3.14. The third-order valence-electron chi connectivity index (χ3n) is 3.47. The Balaban J connectivity index is 2.24. The molecule has 1 aromatic carbocycles. The fourth-order valence-electron chi connectivity index (χ4n) is 2.26. The second-order valence-corrected chi connectivity index (χ2v) is 5.45. The van der Waals surface area contributed by atoms with E-state index in [0.717, 1.165) is 25.2 Å². The van der Waals surface area contributed by atoms with Crippen LogP contribution < -0.4 is 4.74 Å². The summed E-state index contributed by atoms with van der Waals surface area (Å²) in [4.78, 5) is 13.1. The van der Waals surface area contributed by atoms with E-state index in [0.29, 0.717) is 12.8 Å². The molecule has 7 heteroatoms. The summed E-state index contributed by atoms with van der Waals surface area (Å²) in [6.07, 6.45) is -3.50. The quantitative estimate of drug-likeness (QED) is 0.797. The van der Waals surface area contributed by atoms with E-state index < -0.39 is 17.0 Å². The molecule has 0 unspecified atom stereocenters. The van der Waals surface area contributed by atoms with Gasteiger partial charge in [0.25, 0.3) is 5.24 Å². The van der Waals surface area contributed by atoms with Gasteiger partial charge < -0.3 is 9.64 Å². The lowest BCUT2D eigenvalue weighted by Crippen LogP contribution is -2.36. The number of ether oxygens (including phenoxy) is 1. The summed E-state index contributed by atoms with van der Waals surface area (Å²) in [5.41, 5.74) is -1.16. The van der Waals surface area contributed by atoms with Gasteiger partial charge in [-0.3, -0.25) is 4.79 Å². The maximum Gasteiger partial charge on any atom is 0.419 e. The molecular weight excluding hydrogens is 307 g/mol. The van der Waals surface area contributed by atoms with Gasteiger partial charge in [-0.15, -0.1) is 0 Å². The van der Waals surface area contributed by atoms with Crippen LogP contribution in [0.25, 0.3) is 0 Å². The molecule has 3 nitrogen and oxygen atoms in total. The third kappa shape index (κ3) is 4.11. The average molecular weight is 322 g/mol. The van der Waals surface area contributed by atoms with E-state index in [9.17, 15) is 18.0 Å². The molecule has 1 fully saturated rings. The van der Waals surface area contributed by atoms with Crippen molar-refractivity contribution in [1.82, 2.24) is 4.90 Å². The molecule has 0 spiro atoms. The minimum absolute atomic E-state index is 0.195. The summed E-state index contributed by atoms with van der Waals surface area (Å²) >= 11 is 5.23. The van der Waals surface area contributed by atoms with Gasteiger partial charge in [0.1, 0.15) is 11.9 Å². The summed E-state index contributed by atoms with van der Waals surface area (Å²) < 4.78 is 44.7. The van der Waals surface area contributed by atoms with Crippen molar-refractivity contribution in [3.8, 4) is 5.75 Å². The average Bonchev–Trinajstić information content (AvgIpc) is 2.40. The fourth-order valence-corrected chi connectivity index (χ4v) is 2.38. The van der Waals surface area contributed by atoms with Crippen LogP contribution in [-0.2, 0) is 6.18 Å². The van der Waals surface area contributed by atoms with E-state index in [1.807, 2.05) is 7.05 Å². The van der Waals surface area contributed by atoms with Gasteiger partial charge in [-0.25, -0.2) is 0 Å². The lowest BCUT2D eigenvalue weighted by molar-refractivity contribution is -0.139. The molecular formula is C14H15ClF3NO2. The number of benzene rings is 1. The highest BCUT2D eigenvalue weighted by molar-refractivity contribution is 6.67. The first-order chi connectivity index (χ1) is 9.77. The van der Waals surface area contributed by atoms with Crippen LogP contribution in [0.2, 0.25) is 0 Å². The first-order valence-electron chi connectivity index (χ1n) is 6.53. The van der Waals surface area contributed by atoms with Crippen LogP contribution in [0.5, 0.6) is 5.75 Å². The van der Waals surface area contributed by atoms with Crippen LogP contribution >= 0.6 is 11.6 Å². The van der Waals surface area contributed by atoms with Crippen molar-refractivity contribution in [2.45, 2.75) is 25.1 Å². The normalized spacial score (nSPS) is 17.8. The smallest absolute Gasteiger partial charge is 0.419 e. The SMILES string of the molecule is CN1CCC(Oc2ccc(C(=O)Cl)cc2C(F)(F)F)CC1. The zero-order chi connectivity index (χ0) is 15.6. The highest BCUT2D eigenvalue weighted by atomic mass is 35.5. The Morgan fingerprint density at radius 2 is 1.95 bits per heavy atom. The maximum absolute atomic E-state index is 13.1. The summed E-state index contributed by atoms with van der Waals surface area (Å²) in [7, 11) is 1.96. The number of carbonyl (C=O) groups is 1. The van der Waals surface area contributed by atoms with Gasteiger partial charge in [-0.1, -0.05) is 0 Å². The van der Waals surface area contributed by atoms with E-state index in [-0.39, 0.29) is 17.4 Å². The van der Waals surface area contributed by atoms with Crippen molar-refractivity contribution >= 4 is 16.8 Å². The van der Waals surface area contributed by atoms with E-state index in [2.05, 4.69) is 4.90 Å². The number of hydrogen-bond acceptors (Lipinski definition) is 3. The third-order valence-corrected chi connectivity index (χ3v) is 3.69. The van der Waals surface area contributed by atoms with Crippen molar-refractivity contribution in [3.05, 3.63) is 29.3 Å². The van der Waals surface area contributed by atoms with E-state index in [4.69, 9.17) is 16.3 Å². The van der Waals surface area contributed by atoms with Gasteiger partial charge in [0.2, 0.25) is 0 Å². The van der Waals surface area contributed by atoms with Gasteiger partial charge in [0.05, 0.1) is 5.56 Å². The maximum atomic E-state index is 13.1. The first kappa shape index (κ1) is 16.1. The van der Waals surface area contributed by atoms with E-state index in [1.165, 1.54) is 6.07 Å². The second-order valence-electron chi connectivity index (χ2n) is 5.10. The molecule has 1 saturated heterocycles. The Morgan fingerprint density at radius 3 is 2.48 bits per heavy atom. The van der Waals surface area contributed by atoms with Crippen LogP contribution in [-0.4, -0.2) is 36.4 Å². The number of piperidine rings is 1. The molecule has 21 heavy (non-hydrogen) atoms. The van der Waals surface area contributed by atoms with Crippen LogP contribution in [0.4, 0.5) is 13.2 Å². The molecule has 2 rings (SSSR count). The number of rotatable bonds is 3. The van der Waals surface area contributed by atoms with Crippen molar-refractivity contribution in [2.75, 3.05) is 20.1 Å². The van der Waals surface area contributed by atoms with Gasteiger partial charge in [-0.2, -0.15) is 13.2 Å². The van der Waals surface area contributed by atoms with E-state index in [1.54, 1.807) is 0 Å². The molecule has 0 saturated carbocycles. The molecule has 1 aliphatic heterocycles. The number of likely N-dealkylation sites (tertiary alicyclic amines) is 1. The number of nitrogens with zero attached hydrogens (tertiary/aromatic N) is 1. The molecule has 1 aromatic rings. The highest BCUT2D eigenvalue weighted by Gasteiger charge is 2.36. The lowest BCUT2D eigenvalue weighted by atomic mass is 10.1. The number of carbonyl (C=O) groups excluding carboxylic acids is 1. The predicted molar refractivity (Wildman–Crippen MR) is 72.8 cm³/mol. The second kappa shape index (κ2) is 6.23. The molecule has 0 aromatic heterocycles. The first-order valence-corrected chi connectivity index (χ1v) is 6.91. The van der Waals surface area contributed by atoms with Crippen LogP contribution in [0.15, 0.2) is 18.2 Å². The zero-order valence-electron chi connectivity index (χ0n) is 11.4. The summed E-state index contributed by atoms with van der Waals surface area (Å²) in [5.74, 6) is -0.251. The molecule has 0 aliphatic carbocycles. The molecule has 0 bridgehead atoms. The van der Waals surface area contributed by atoms with Crippen molar-refractivity contribution in [2.24, 2.45) is 0 Å². The molecule has 1 heterocycles. The topological polar surface area (TPSA) is 29.5 Å². The van der Waals surface area contributed by atoms with E-state index >= 15 is 0 Å². The molecule has 1 aliphatic rings. The van der Waals surface area contributed by atoms with Crippen LogP contribution in [0, 0.1) is 0 Å². The summed E-state index contributed by atoms with van der Waals surface area (Å²) in [6.45, 7) is 1.56. The monoisotopic (exact) mass is 321 g/mol. The number of alkyl halides is 3. The van der Waals surface area contributed by atoms with Crippen molar-refractivity contribution in [3.63, 3.8) is 0 Å². The zero-order valence-corrected chi connectivity index (χ0v) is 12.2. The van der Waals surface area contributed by atoms with Gasteiger partial charge in [0.15, 0.2) is 0 Å². The van der Waals surface area contributed by atoms with Crippen LogP contribution in [0.1, 0.15) is 28.8 Å². The Morgan fingerprint density at radius 1 is 1.33 bits per heavy atom. The molecule has 116 valence electrons. The van der Waals surface area contributed by atoms with Gasteiger partial charge in [-0.05, 0) is 49.7 Å². The molecule has 0 radical (unpaired) electrons. The highest BCUT2D eigenvalue weighted by Crippen LogP contribution is 2.38. The minimum atomic E-state index is -4.59. The predicted octanol–water partition coefficient (Wildman–Crippen LogP) is 3.56. The van der Waals surface area contributed by atoms with Gasteiger partial charge in [0, 0.05) is 18.7 Å². The lowest BCUT2D eigenvalue weighted by Gasteiger charge is -2.30. The Labute approximate surface area is 125 Å². The largest absolute Gasteiger partial charge is 0.490 e. The van der Waals surface area contributed by atoms with Crippen molar-refractivity contribution < 1.29 is 22.7 Å². The standard InChI is InChI=1S/C14H15ClF3NO2/c1-19-6-4-10(5-7-19)21-12-3-2-9(13(15)20)8-11(12)14(16,17)18/h2-3,8,10H,4-7H2,1H3. The summed E-state index contributed by atoms with van der Waals surface area (Å²) in [5, 5.41) is -0.925. The minimum Gasteiger partial charge on any atom is -0.490 e. The molecule has 0 atom stereocenters. The number of hydrogen-bond donors (Lipinski definition) is 0. The molecule has 0 amide bonds. The Bertz CT molecular complexity index is 525. The Kier molecular flexibility index (Phi) is 4.78. The van der Waals surface area contributed by atoms with Crippen molar-refractivity contribution in [1.29, 1.82) is 0 Å². The Hall–Kier alpha value is -1.27. The van der Waals surface area contributed by atoms with Gasteiger partial charge >= 0.3 is 6.18 Å². The van der Waals surface area contributed by atoms with Crippen LogP contribution in [0.3, 0.4) is 0 Å². The fraction of sp³-hybridized carbons (Fsp3) is 0.500.